The molecule has 1 aliphatic heterocycles. The van der Waals surface area contributed by atoms with Gasteiger partial charge >= 0.3 is 11.8 Å². The van der Waals surface area contributed by atoms with Crippen LogP contribution in [0, 0.1) is 0 Å². The van der Waals surface area contributed by atoms with E-state index in [1.54, 1.807) is 12.1 Å². The second kappa shape index (κ2) is 5.92. The second-order valence-corrected chi connectivity index (χ2v) is 5.20. The molecule has 0 aliphatic carbocycles. The Morgan fingerprint density at radius 1 is 1.00 bits per heavy atom. The summed E-state index contributed by atoms with van der Waals surface area (Å²) in [4.78, 5) is 37.4. The van der Waals surface area contributed by atoms with Gasteiger partial charge in [-0.15, -0.1) is 0 Å². The fourth-order valence-corrected chi connectivity index (χ4v) is 2.65. The van der Waals surface area contributed by atoms with E-state index in [0.717, 1.165) is 11.3 Å². The average Bonchev–Trinajstić information content (AvgIpc) is 2.98. The van der Waals surface area contributed by atoms with Gasteiger partial charge in [0.1, 0.15) is 0 Å². The van der Waals surface area contributed by atoms with Crippen molar-refractivity contribution in [1.29, 1.82) is 0 Å². The van der Waals surface area contributed by atoms with E-state index in [9.17, 15) is 14.4 Å². The van der Waals surface area contributed by atoms with Crippen LogP contribution in [-0.4, -0.2) is 24.3 Å². The summed E-state index contributed by atoms with van der Waals surface area (Å²) in [5, 5.41) is 2.47. The van der Waals surface area contributed by atoms with Crippen LogP contribution in [0.2, 0.25) is 0 Å². The highest BCUT2D eigenvalue weighted by Gasteiger charge is 2.29. The molecule has 3 rings (SSSR count). The van der Waals surface area contributed by atoms with Crippen molar-refractivity contribution in [3.63, 3.8) is 0 Å². The standard InChI is InChI=1S/C17H15N3O3/c18-15(21)12-6-2-3-7-13(12)19-16(22)17(23)20-10-9-11-5-1-4-8-14(11)20/h1-8H,9-10H2,(H2,18,21)(H,19,22). The van der Waals surface area contributed by atoms with Gasteiger partial charge in [0.15, 0.2) is 0 Å². The minimum absolute atomic E-state index is 0.162. The molecular formula is C17H15N3O3. The van der Waals surface area contributed by atoms with Crippen LogP contribution in [0.25, 0.3) is 0 Å². The third-order valence-electron chi connectivity index (χ3n) is 3.77. The van der Waals surface area contributed by atoms with Crippen molar-refractivity contribution in [2.75, 3.05) is 16.8 Å². The number of amides is 3. The van der Waals surface area contributed by atoms with Crippen LogP contribution in [0.4, 0.5) is 11.4 Å². The summed E-state index contributed by atoms with van der Waals surface area (Å²) in [5.41, 5.74) is 7.44. The highest BCUT2D eigenvalue weighted by molar-refractivity contribution is 6.44. The summed E-state index contributed by atoms with van der Waals surface area (Å²) in [6, 6.07) is 13.8. The third-order valence-corrected chi connectivity index (χ3v) is 3.77. The molecule has 0 unspecified atom stereocenters. The maximum Gasteiger partial charge on any atom is 0.316 e. The number of fused-ring (bicyclic) bond motifs is 1. The number of benzene rings is 2. The molecule has 0 aromatic heterocycles. The van der Waals surface area contributed by atoms with Gasteiger partial charge in [-0.05, 0) is 30.2 Å². The summed E-state index contributed by atoms with van der Waals surface area (Å²) < 4.78 is 0. The fourth-order valence-electron chi connectivity index (χ4n) is 2.65. The number of nitrogens with zero attached hydrogens (tertiary/aromatic N) is 1. The average molecular weight is 309 g/mol. The maximum absolute atomic E-state index is 12.4. The molecule has 0 fully saturated rings. The van der Waals surface area contributed by atoms with Crippen molar-refractivity contribution in [3.8, 4) is 0 Å². The Kier molecular flexibility index (Phi) is 3.80. The molecule has 0 spiro atoms. The first-order valence-electron chi connectivity index (χ1n) is 7.17. The molecule has 0 radical (unpaired) electrons. The molecule has 23 heavy (non-hydrogen) atoms. The minimum atomic E-state index is -0.796. The van der Waals surface area contributed by atoms with Crippen LogP contribution in [-0.2, 0) is 16.0 Å². The van der Waals surface area contributed by atoms with Gasteiger partial charge < -0.3 is 16.0 Å². The van der Waals surface area contributed by atoms with Gasteiger partial charge in [-0.1, -0.05) is 30.3 Å². The first-order valence-corrected chi connectivity index (χ1v) is 7.17. The molecule has 3 amide bonds. The number of hydrogen-bond donors (Lipinski definition) is 2. The van der Waals surface area contributed by atoms with Crippen LogP contribution >= 0.6 is 0 Å². The van der Waals surface area contributed by atoms with Gasteiger partial charge in [0.2, 0.25) is 0 Å². The lowest BCUT2D eigenvalue weighted by Gasteiger charge is -2.17. The molecule has 6 nitrogen and oxygen atoms in total. The van der Waals surface area contributed by atoms with Crippen LogP contribution in [0.1, 0.15) is 15.9 Å². The van der Waals surface area contributed by atoms with E-state index < -0.39 is 17.7 Å². The lowest BCUT2D eigenvalue weighted by molar-refractivity contribution is -0.134. The summed E-state index contributed by atoms with van der Waals surface area (Å²) in [7, 11) is 0. The quantitative estimate of drug-likeness (QED) is 0.819. The molecule has 2 aromatic carbocycles. The van der Waals surface area contributed by atoms with Crippen LogP contribution < -0.4 is 16.0 Å². The summed E-state index contributed by atoms with van der Waals surface area (Å²) in [5.74, 6) is -2.12. The molecule has 116 valence electrons. The Morgan fingerprint density at radius 3 is 2.48 bits per heavy atom. The lowest BCUT2D eigenvalue weighted by Crippen LogP contribution is -2.39. The number of nitrogens with one attached hydrogen (secondary N) is 1. The molecule has 1 aliphatic rings. The Labute approximate surface area is 132 Å². The zero-order valence-electron chi connectivity index (χ0n) is 12.3. The van der Waals surface area contributed by atoms with Gasteiger partial charge in [0, 0.05) is 12.2 Å². The van der Waals surface area contributed by atoms with Crippen molar-refractivity contribution < 1.29 is 14.4 Å². The Balaban J connectivity index is 1.80. The molecule has 0 atom stereocenters. The van der Waals surface area contributed by atoms with E-state index in [4.69, 9.17) is 5.73 Å². The summed E-state index contributed by atoms with van der Waals surface area (Å²) in [6.07, 6.45) is 0.715. The Bertz CT molecular complexity index is 801. The lowest BCUT2D eigenvalue weighted by atomic mass is 10.1. The molecule has 2 aromatic rings. The van der Waals surface area contributed by atoms with Crippen molar-refractivity contribution in [2.45, 2.75) is 6.42 Å². The predicted molar refractivity (Wildman–Crippen MR) is 86.1 cm³/mol. The van der Waals surface area contributed by atoms with Gasteiger partial charge in [0.25, 0.3) is 5.91 Å². The number of anilines is 2. The molecule has 1 heterocycles. The van der Waals surface area contributed by atoms with Crippen LogP contribution in [0.15, 0.2) is 48.5 Å². The minimum Gasteiger partial charge on any atom is -0.366 e. The Hall–Kier alpha value is -3.15. The van der Waals surface area contributed by atoms with Gasteiger partial charge in [-0.2, -0.15) is 0 Å². The smallest absolute Gasteiger partial charge is 0.316 e. The first-order chi connectivity index (χ1) is 11.1. The first kappa shape index (κ1) is 14.8. The number of primary amides is 1. The third kappa shape index (κ3) is 2.78. The fraction of sp³-hybridized carbons (Fsp3) is 0.118. The van der Waals surface area contributed by atoms with E-state index >= 15 is 0 Å². The van der Waals surface area contributed by atoms with Crippen molar-refractivity contribution >= 4 is 29.1 Å². The highest BCUT2D eigenvalue weighted by atomic mass is 16.2. The maximum atomic E-state index is 12.4. The van der Waals surface area contributed by atoms with E-state index in [2.05, 4.69) is 5.32 Å². The predicted octanol–water partition coefficient (Wildman–Crippen LogP) is 1.31. The Morgan fingerprint density at radius 2 is 1.70 bits per heavy atom. The number of hydrogen-bond acceptors (Lipinski definition) is 3. The topological polar surface area (TPSA) is 92.5 Å². The summed E-state index contributed by atoms with van der Waals surface area (Å²) >= 11 is 0. The van der Waals surface area contributed by atoms with Gasteiger partial charge in [-0.3, -0.25) is 14.4 Å². The van der Waals surface area contributed by atoms with Gasteiger partial charge in [0.05, 0.1) is 11.3 Å². The van der Waals surface area contributed by atoms with Crippen molar-refractivity contribution in [3.05, 3.63) is 59.7 Å². The largest absolute Gasteiger partial charge is 0.366 e. The van der Waals surface area contributed by atoms with Crippen LogP contribution in [0.5, 0.6) is 0 Å². The molecule has 6 heteroatoms. The number of nitrogens with two attached hydrogens (primary N) is 1. The number of carbonyl (C=O) groups is 3. The molecular weight excluding hydrogens is 294 g/mol. The zero-order chi connectivity index (χ0) is 16.4. The molecule has 0 saturated heterocycles. The molecule has 3 N–H and O–H groups in total. The highest BCUT2D eigenvalue weighted by Crippen LogP contribution is 2.27. The van der Waals surface area contributed by atoms with E-state index in [1.807, 2.05) is 24.3 Å². The van der Waals surface area contributed by atoms with E-state index in [0.29, 0.717) is 13.0 Å². The summed E-state index contributed by atoms with van der Waals surface area (Å²) in [6.45, 7) is 0.461. The normalized spacial score (nSPS) is 12.6. The van der Waals surface area contributed by atoms with E-state index in [1.165, 1.54) is 17.0 Å². The van der Waals surface area contributed by atoms with Crippen LogP contribution in [0.3, 0.4) is 0 Å². The number of rotatable bonds is 2. The van der Waals surface area contributed by atoms with E-state index in [-0.39, 0.29) is 11.3 Å². The number of carbonyl (C=O) groups excluding carboxylic acids is 3. The number of para-hydroxylation sites is 2. The zero-order valence-corrected chi connectivity index (χ0v) is 12.3. The molecule has 0 bridgehead atoms. The molecule has 0 saturated carbocycles. The van der Waals surface area contributed by atoms with Gasteiger partial charge in [-0.25, -0.2) is 0 Å². The second-order valence-electron chi connectivity index (χ2n) is 5.20. The SMILES string of the molecule is NC(=O)c1ccccc1NC(=O)C(=O)N1CCc2ccccc21. The van der Waals surface area contributed by atoms with Crippen molar-refractivity contribution in [2.24, 2.45) is 5.73 Å². The monoisotopic (exact) mass is 309 g/mol. The van der Waals surface area contributed by atoms with Crippen molar-refractivity contribution in [1.82, 2.24) is 0 Å².